The molecule has 0 aliphatic carbocycles. The Bertz CT molecular complexity index is 701. The molecule has 24 heavy (non-hydrogen) atoms. The Labute approximate surface area is 146 Å². The molecular formula is C18H22N4OS. The van der Waals surface area contributed by atoms with Crippen molar-refractivity contribution >= 4 is 29.2 Å². The molecule has 2 heterocycles. The number of aryl methyl sites for hydroxylation is 1. The number of benzene rings is 1. The van der Waals surface area contributed by atoms with E-state index >= 15 is 0 Å². The fraction of sp³-hybridized carbons (Fsp3) is 0.389. The SMILES string of the molecule is Cc1cccc(NC(=O)CSc2cc(N3CCCCC3)ncn2)c1. The lowest BCUT2D eigenvalue weighted by atomic mass is 10.1. The maximum atomic E-state index is 12.1. The van der Waals surface area contributed by atoms with Gasteiger partial charge in [-0.1, -0.05) is 23.9 Å². The number of thioether (sulfide) groups is 1. The minimum Gasteiger partial charge on any atom is -0.356 e. The average Bonchev–Trinajstić information content (AvgIpc) is 2.61. The van der Waals surface area contributed by atoms with E-state index in [9.17, 15) is 4.79 Å². The van der Waals surface area contributed by atoms with Crippen LogP contribution in [0.25, 0.3) is 0 Å². The van der Waals surface area contributed by atoms with Crippen molar-refractivity contribution in [1.29, 1.82) is 0 Å². The van der Waals surface area contributed by atoms with Crippen molar-refractivity contribution in [3.63, 3.8) is 0 Å². The van der Waals surface area contributed by atoms with Gasteiger partial charge in [0.25, 0.3) is 0 Å². The number of hydrogen-bond acceptors (Lipinski definition) is 5. The highest BCUT2D eigenvalue weighted by Crippen LogP contribution is 2.22. The van der Waals surface area contributed by atoms with E-state index in [0.29, 0.717) is 5.75 Å². The van der Waals surface area contributed by atoms with Crippen molar-refractivity contribution in [3.8, 4) is 0 Å². The normalized spacial score (nSPS) is 14.5. The monoisotopic (exact) mass is 342 g/mol. The van der Waals surface area contributed by atoms with E-state index in [1.54, 1.807) is 6.33 Å². The number of nitrogens with one attached hydrogen (secondary N) is 1. The van der Waals surface area contributed by atoms with E-state index in [-0.39, 0.29) is 5.91 Å². The second kappa shape index (κ2) is 8.15. The number of aromatic nitrogens is 2. The fourth-order valence-electron chi connectivity index (χ4n) is 2.76. The van der Waals surface area contributed by atoms with Crippen LogP contribution in [0.4, 0.5) is 11.5 Å². The van der Waals surface area contributed by atoms with Gasteiger partial charge in [-0.3, -0.25) is 4.79 Å². The molecule has 0 spiro atoms. The highest BCUT2D eigenvalue weighted by molar-refractivity contribution is 7.99. The zero-order valence-corrected chi connectivity index (χ0v) is 14.7. The van der Waals surface area contributed by atoms with E-state index in [4.69, 9.17) is 0 Å². The lowest BCUT2D eigenvalue weighted by molar-refractivity contribution is -0.113. The first-order valence-electron chi connectivity index (χ1n) is 8.27. The van der Waals surface area contributed by atoms with Crippen molar-refractivity contribution in [1.82, 2.24) is 9.97 Å². The first-order chi connectivity index (χ1) is 11.7. The zero-order valence-electron chi connectivity index (χ0n) is 13.9. The summed E-state index contributed by atoms with van der Waals surface area (Å²) in [6.07, 6.45) is 5.31. The van der Waals surface area contributed by atoms with E-state index < -0.39 is 0 Å². The second-order valence-corrected chi connectivity index (χ2v) is 6.96. The van der Waals surface area contributed by atoms with Crippen LogP contribution in [-0.2, 0) is 4.79 Å². The number of hydrogen-bond donors (Lipinski definition) is 1. The van der Waals surface area contributed by atoms with Crippen molar-refractivity contribution in [3.05, 3.63) is 42.2 Å². The van der Waals surface area contributed by atoms with Crippen molar-refractivity contribution in [2.45, 2.75) is 31.2 Å². The standard InChI is InChI=1S/C18H22N4OS/c1-14-6-5-7-15(10-14)21-17(23)12-24-18-11-16(19-13-20-18)22-8-3-2-4-9-22/h5-7,10-11,13H,2-4,8-9,12H2,1H3,(H,21,23). The Kier molecular flexibility index (Phi) is 5.69. The summed E-state index contributed by atoms with van der Waals surface area (Å²) in [6.45, 7) is 4.11. The van der Waals surface area contributed by atoms with Crippen LogP contribution in [0.1, 0.15) is 24.8 Å². The third-order valence-electron chi connectivity index (χ3n) is 3.96. The Balaban J connectivity index is 1.55. The minimum atomic E-state index is -0.0243. The van der Waals surface area contributed by atoms with Gasteiger partial charge in [0.05, 0.1) is 5.75 Å². The predicted octanol–water partition coefficient (Wildman–Crippen LogP) is 3.51. The van der Waals surface area contributed by atoms with Crippen LogP contribution in [-0.4, -0.2) is 34.7 Å². The molecule has 1 amide bonds. The first kappa shape index (κ1) is 16.8. The lowest BCUT2D eigenvalue weighted by Gasteiger charge is -2.27. The van der Waals surface area contributed by atoms with E-state index in [1.807, 2.05) is 37.3 Å². The van der Waals surface area contributed by atoms with Crippen LogP contribution >= 0.6 is 11.8 Å². The maximum Gasteiger partial charge on any atom is 0.234 e. The molecule has 1 N–H and O–H groups in total. The van der Waals surface area contributed by atoms with Gasteiger partial charge in [-0.2, -0.15) is 0 Å². The molecule has 0 saturated carbocycles. The largest absolute Gasteiger partial charge is 0.356 e. The van der Waals surface area contributed by atoms with Crippen LogP contribution in [0.5, 0.6) is 0 Å². The Hall–Kier alpha value is -2.08. The third-order valence-corrected chi connectivity index (χ3v) is 4.89. The van der Waals surface area contributed by atoms with Gasteiger partial charge in [-0.05, 0) is 43.9 Å². The van der Waals surface area contributed by atoms with Gasteiger partial charge in [-0.15, -0.1) is 0 Å². The molecule has 0 bridgehead atoms. The highest BCUT2D eigenvalue weighted by atomic mass is 32.2. The molecule has 5 nitrogen and oxygen atoms in total. The van der Waals surface area contributed by atoms with Gasteiger partial charge < -0.3 is 10.2 Å². The van der Waals surface area contributed by atoms with E-state index in [2.05, 4.69) is 20.2 Å². The molecule has 0 atom stereocenters. The molecular weight excluding hydrogens is 320 g/mol. The van der Waals surface area contributed by atoms with Gasteiger partial charge in [-0.25, -0.2) is 9.97 Å². The van der Waals surface area contributed by atoms with Crippen LogP contribution in [0.15, 0.2) is 41.7 Å². The van der Waals surface area contributed by atoms with E-state index in [0.717, 1.165) is 35.2 Å². The topological polar surface area (TPSA) is 58.1 Å². The Morgan fingerprint density at radius 1 is 1.21 bits per heavy atom. The minimum absolute atomic E-state index is 0.0243. The zero-order chi connectivity index (χ0) is 16.8. The van der Waals surface area contributed by atoms with Crippen LogP contribution in [0.3, 0.4) is 0 Å². The summed E-state index contributed by atoms with van der Waals surface area (Å²) in [5.74, 6) is 1.28. The number of piperidine rings is 1. The van der Waals surface area contributed by atoms with Gasteiger partial charge in [0.2, 0.25) is 5.91 Å². The van der Waals surface area contributed by atoms with Crippen LogP contribution < -0.4 is 10.2 Å². The predicted molar refractivity (Wildman–Crippen MR) is 98.6 cm³/mol. The highest BCUT2D eigenvalue weighted by Gasteiger charge is 2.13. The van der Waals surface area contributed by atoms with E-state index in [1.165, 1.54) is 31.0 Å². The number of amides is 1. The first-order valence-corrected chi connectivity index (χ1v) is 9.25. The Morgan fingerprint density at radius 3 is 2.83 bits per heavy atom. The van der Waals surface area contributed by atoms with Crippen molar-refractivity contribution < 1.29 is 4.79 Å². The Morgan fingerprint density at radius 2 is 2.04 bits per heavy atom. The van der Waals surface area contributed by atoms with Gasteiger partial charge in [0.1, 0.15) is 17.2 Å². The number of anilines is 2. The fourth-order valence-corrected chi connectivity index (χ4v) is 3.43. The smallest absolute Gasteiger partial charge is 0.234 e. The number of carbonyl (C=O) groups is 1. The molecule has 126 valence electrons. The molecule has 1 aromatic carbocycles. The maximum absolute atomic E-state index is 12.1. The van der Waals surface area contributed by atoms with Gasteiger partial charge in [0, 0.05) is 24.8 Å². The molecule has 1 fully saturated rings. The molecule has 1 aliphatic rings. The molecule has 1 aromatic heterocycles. The van der Waals surface area contributed by atoms with Crippen molar-refractivity contribution in [2.75, 3.05) is 29.1 Å². The number of nitrogens with zero attached hydrogens (tertiary/aromatic N) is 3. The summed E-state index contributed by atoms with van der Waals surface area (Å²) < 4.78 is 0. The molecule has 1 aliphatic heterocycles. The molecule has 1 saturated heterocycles. The molecule has 0 radical (unpaired) electrons. The molecule has 3 rings (SSSR count). The van der Waals surface area contributed by atoms with Crippen LogP contribution in [0.2, 0.25) is 0 Å². The summed E-state index contributed by atoms with van der Waals surface area (Å²) in [6, 6.07) is 9.78. The summed E-state index contributed by atoms with van der Waals surface area (Å²) in [5, 5.41) is 3.76. The summed E-state index contributed by atoms with van der Waals surface area (Å²) in [5.41, 5.74) is 1.96. The quantitative estimate of drug-likeness (QED) is 0.666. The third kappa shape index (κ3) is 4.71. The van der Waals surface area contributed by atoms with Crippen molar-refractivity contribution in [2.24, 2.45) is 0 Å². The van der Waals surface area contributed by atoms with Gasteiger partial charge in [0.15, 0.2) is 0 Å². The number of rotatable bonds is 5. The second-order valence-electron chi connectivity index (χ2n) is 5.97. The lowest BCUT2D eigenvalue weighted by Crippen LogP contribution is -2.30. The molecule has 2 aromatic rings. The average molecular weight is 342 g/mol. The number of carbonyl (C=O) groups excluding carboxylic acids is 1. The molecule has 0 unspecified atom stereocenters. The summed E-state index contributed by atoms with van der Waals surface area (Å²) in [7, 11) is 0. The van der Waals surface area contributed by atoms with Gasteiger partial charge >= 0.3 is 0 Å². The molecule has 6 heteroatoms. The summed E-state index contributed by atoms with van der Waals surface area (Å²) >= 11 is 1.44. The summed E-state index contributed by atoms with van der Waals surface area (Å²) in [4.78, 5) is 23.0. The van der Waals surface area contributed by atoms with Crippen LogP contribution in [0, 0.1) is 6.92 Å².